The lowest BCUT2D eigenvalue weighted by atomic mass is 10.1. The van der Waals surface area contributed by atoms with E-state index in [0.717, 1.165) is 25.1 Å². The first-order valence-corrected chi connectivity index (χ1v) is 8.89. The number of benzene rings is 1. The Morgan fingerprint density at radius 1 is 1.15 bits per heavy atom. The number of sulfonamides is 1. The fourth-order valence-corrected chi connectivity index (χ4v) is 3.49. The largest absolute Gasteiger partial charge is 0.317 e. The molecule has 1 aromatic heterocycles. The number of nitrogens with one attached hydrogen (secondary N) is 2. The molecule has 2 rings (SSSR count). The standard InChI is InChI=1S/C14H18N2O2S2/c1-2-15-9-7-12-3-5-14(6-4-12)20(17,18)16-13-8-10-19-11-13/h3-6,8,10-11,15-16H,2,7,9H2,1H3. The molecule has 108 valence electrons. The zero-order valence-electron chi connectivity index (χ0n) is 11.3. The summed E-state index contributed by atoms with van der Waals surface area (Å²) in [6, 6.07) is 8.76. The third-order valence-electron chi connectivity index (χ3n) is 2.85. The van der Waals surface area contributed by atoms with Crippen LogP contribution in [0.5, 0.6) is 0 Å². The van der Waals surface area contributed by atoms with Crippen LogP contribution >= 0.6 is 11.3 Å². The molecule has 0 unspecified atom stereocenters. The maximum atomic E-state index is 12.2. The van der Waals surface area contributed by atoms with Gasteiger partial charge in [0.2, 0.25) is 0 Å². The predicted molar refractivity (Wildman–Crippen MR) is 83.8 cm³/mol. The lowest BCUT2D eigenvalue weighted by molar-refractivity contribution is 0.601. The molecular weight excluding hydrogens is 292 g/mol. The highest BCUT2D eigenvalue weighted by atomic mass is 32.2. The van der Waals surface area contributed by atoms with Gasteiger partial charge in [-0.3, -0.25) is 4.72 Å². The summed E-state index contributed by atoms with van der Waals surface area (Å²) >= 11 is 1.46. The number of anilines is 1. The van der Waals surface area contributed by atoms with Gasteiger partial charge < -0.3 is 5.32 Å². The lowest BCUT2D eigenvalue weighted by Crippen LogP contribution is -2.16. The third kappa shape index (κ3) is 4.06. The highest BCUT2D eigenvalue weighted by molar-refractivity contribution is 7.92. The quantitative estimate of drug-likeness (QED) is 0.773. The minimum absolute atomic E-state index is 0.288. The second kappa shape index (κ2) is 6.88. The Hall–Kier alpha value is -1.37. The van der Waals surface area contributed by atoms with Crippen molar-refractivity contribution in [2.75, 3.05) is 17.8 Å². The molecule has 0 aliphatic carbocycles. The van der Waals surface area contributed by atoms with Crippen molar-refractivity contribution in [3.8, 4) is 0 Å². The zero-order chi connectivity index (χ0) is 14.4. The van der Waals surface area contributed by atoms with E-state index in [1.165, 1.54) is 11.3 Å². The highest BCUT2D eigenvalue weighted by Crippen LogP contribution is 2.18. The summed E-state index contributed by atoms with van der Waals surface area (Å²) in [7, 11) is -3.48. The Balaban J connectivity index is 2.05. The van der Waals surface area contributed by atoms with E-state index in [0.29, 0.717) is 5.69 Å². The van der Waals surface area contributed by atoms with Crippen LogP contribution < -0.4 is 10.0 Å². The molecule has 0 radical (unpaired) electrons. The van der Waals surface area contributed by atoms with Gasteiger partial charge in [0.05, 0.1) is 10.6 Å². The topological polar surface area (TPSA) is 58.2 Å². The molecule has 0 atom stereocenters. The maximum absolute atomic E-state index is 12.2. The molecule has 4 nitrogen and oxygen atoms in total. The van der Waals surface area contributed by atoms with Crippen LogP contribution in [0.1, 0.15) is 12.5 Å². The van der Waals surface area contributed by atoms with E-state index in [9.17, 15) is 8.42 Å². The van der Waals surface area contributed by atoms with Gasteiger partial charge in [-0.15, -0.1) is 0 Å². The van der Waals surface area contributed by atoms with Crippen molar-refractivity contribution in [2.45, 2.75) is 18.2 Å². The molecule has 0 bridgehead atoms. The van der Waals surface area contributed by atoms with Gasteiger partial charge in [-0.25, -0.2) is 8.42 Å². The fourth-order valence-electron chi connectivity index (χ4n) is 1.78. The van der Waals surface area contributed by atoms with Gasteiger partial charge in [0.25, 0.3) is 10.0 Å². The minimum Gasteiger partial charge on any atom is -0.317 e. The van der Waals surface area contributed by atoms with Crippen LogP contribution in [-0.4, -0.2) is 21.5 Å². The minimum atomic E-state index is -3.48. The van der Waals surface area contributed by atoms with Gasteiger partial charge in [-0.2, -0.15) is 11.3 Å². The summed E-state index contributed by atoms with van der Waals surface area (Å²) in [4.78, 5) is 0.288. The van der Waals surface area contributed by atoms with Gasteiger partial charge in [-0.05, 0) is 48.7 Å². The van der Waals surface area contributed by atoms with E-state index in [2.05, 4.69) is 17.0 Å². The van der Waals surface area contributed by atoms with Gasteiger partial charge in [-0.1, -0.05) is 19.1 Å². The van der Waals surface area contributed by atoms with Crippen LogP contribution in [0.2, 0.25) is 0 Å². The zero-order valence-corrected chi connectivity index (χ0v) is 12.9. The highest BCUT2D eigenvalue weighted by Gasteiger charge is 2.13. The maximum Gasteiger partial charge on any atom is 0.261 e. The van der Waals surface area contributed by atoms with Crippen LogP contribution in [0.4, 0.5) is 5.69 Å². The number of hydrogen-bond donors (Lipinski definition) is 2. The van der Waals surface area contributed by atoms with E-state index < -0.39 is 10.0 Å². The Bertz CT molecular complexity index is 620. The average Bonchev–Trinajstić information content (AvgIpc) is 2.92. The van der Waals surface area contributed by atoms with E-state index in [1.807, 2.05) is 17.5 Å². The van der Waals surface area contributed by atoms with E-state index >= 15 is 0 Å². The molecular formula is C14H18N2O2S2. The summed E-state index contributed by atoms with van der Waals surface area (Å²) in [5.74, 6) is 0. The number of rotatable bonds is 7. The Morgan fingerprint density at radius 3 is 2.50 bits per heavy atom. The summed E-state index contributed by atoms with van der Waals surface area (Å²) in [5.41, 5.74) is 1.73. The number of likely N-dealkylation sites (N-methyl/N-ethyl adjacent to an activating group) is 1. The second-order valence-corrected chi connectivity index (χ2v) is 6.83. The molecule has 0 aliphatic heterocycles. The molecule has 2 aromatic rings. The summed E-state index contributed by atoms with van der Waals surface area (Å²) in [6.45, 7) is 3.90. The van der Waals surface area contributed by atoms with E-state index in [-0.39, 0.29) is 4.90 Å². The lowest BCUT2D eigenvalue weighted by Gasteiger charge is -2.07. The van der Waals surface area contributed by atoms with Crippen LogP contribution in [0.25, 0.3) is 0 Å². The van der Waals surface area contributed by atoms with Crippen molar-refractivity contribution in [1.82, 2.24) is 5.32 Å². The first kappa shape index (κ1) is 15.0. The number of hydrogen-bond acceptors (Lipinski definition) is 4. The van der Waals surface area contributed by atoms with Crippen molar-refractivity contribution >= 4 is 27.0 Å². The average molecular weight is 310 g/mol. The van der Waals surface area contributed by atoms with Gasteiger partial charge in [0.15, 0.2) is 0 Å². The molecule has 1 aromatic carbocycles. The fraction of sp³-hybridized carbons (Fsp3) is 0.286. The predicted octanol–water partition coefficient (Wildman–Crippen LogP) is 2.70. The van der Waals surface area contributed by atoms with Crippen molar-refractivity contribution < 1.29 is 8.42 Å². The SMILES string of the molecule is CCNCCc1ccc(S(=O)(=O)Nc2ccsc2)cc1. The normalized spacial score (nSPS) is 11.4. The molecule has 0 fully saturated rings. The summed E-state index contributed by atoms with van der Waals surface area (Å²) < 4.78 is 26.9. The van der Waals surface area contributed by atoms with Crippen molar-refractivity contribution in [3.05, 3.63) is 46.7 Å². The Morgan fingerprint density at radius 2 is 1.90 bits per heavy atom. The first-order chi connectivity index (χ1) is 9.62. The smallest absolute Gasteiger partial charge is 0.261 e. The number of thiophene rings is 1. The molecule has 1 heterocycles. The van der Waals surface area contributed by atoms with Crippen molar-refractivity contribution in [1.29, 1.82) is 0 Å². The monoisotopic (exact) mass is 310 g/mol. The summed E-state index contributed by atoms with van der Waals surface area (Å²) in [6.07, 6.45) is 0.895. The molecule has 0 aliphatic rings. The summed E-state index contributed by atoms with van der Waals surface area (Å²) in [5, 5.41) is 6.84. The Labute approximate surface area is 123 Å². The van der Waals surface area contributed by atoms with Crippen LogP contribution in [0.3, 0.4) is 0 Å². The van der Waals surface area contributed by atoms with E-state index in [4.69, 9.17) is 0 Å². The molecule has 20 heavy (non-hydrogen) atoms. The molecule has 0 saturated heterocycles. The van der Waals surface area contributed by atoms with Crippen LogP contribution in [0.15, 0.2) is 46.0 Å². The van der Waals surface area contributed by atoms with Crippen molar-refractivity contribution in [2.24, 2.45) is 0 Å². The second-order valence-electron chi connectivity index (χ2n) is 4.37. The third-order valence-corrected chi connectivity index (χ3v) is 4.93. The molecule has 6 heteroatoms. The van der Waals surface area contributed by atoms with Gasteiger partial charge >= 0.3 is 0 Å². The van der Waals surface area contributed by atoms with Crippen LogP contribution in [0, 0.1) is 0 Å². The van der Waals surface area contributed by atoms with E-state index in [1.54, 1.807) is 23.6 Å². The molecule has 0 amide bonds. The molecule has 0 saturated carbocycles. The van der Waals surface area contributed by atoms with Crippen molar-refractivity contribution in [3.63, 3.8) is 0 Å². The Kier molecular flexibility index (Phi) is 5.17. The van der Waals surface area contributed by atoms with Gasteiger partial charge in [0.1, 0.15) is 0 Å². The first-order valence-electron chi connectivity index (χ1n) is 6.46. The van der Waals surface area contributed by atoms with Gasteiger partial charge in [0, 0.05) is 5.38 Å². The van der Waals surface area contributed by atoms with Crippen LogP contribution in [-0.2, 0) is 16.4 Å². The molecule has 2 N–H and O–H groups in total. The molecule has 0 spiro atoms.